The first-order chi connectivity index (χ1) is 10.5. The molecule has 2 rings (SSSR count). The molecular weight excluding hydrogens is 325 g/mol. The summed E-state index contributed by atoms with van der Waals surface area (Å²) in [5.74, 6) is -0.147. The highest BCUT2D eigenvalue weighted by molar-refractivity contribution is 6.36. The van der Waals surface area contributed by atoms with Crippen molar-refractivity contribution in [2.45, 2.75) is 18.9 Å². The molecule has 2 aromatic rings. The molecule has 0 saturated carbocycles. The summed E-state index contributed by atoms with van der Waals surface area (Å²) in [5, 5.41) is 17.6. The summed E-state index contributed by atoms with van der Waals surface area (Å²) in [4.78, 5) is 11.8. The number of benzene rings is 1. The van der Waals surface area contributed by atoms with Crippen LogP contribution in [-0.4, -0.2) is 27.3 Å². The topological polar surface area (TPSA) is 67.2 Å². The molecular formula is C15H17Cl2N3O2. The SMILES string of the molecule is Cn1cc(CCC(=O)NC[C@H](O)c2c(Cl)cccc2Cl)cn1. The van der Waals surface area contributed by atoms with E-state index in [0.29, 0.717) is 28.5 Å². The highest BCUT2D eigenvalue weighted by Gasteiger charge is 2.16. The number of rotatable bonds is 6. The van der Waals surface area contributed by atoms with E-state index in [9.17, 15) is 9.90 Å². The number of nitrogens with zero attached hydrogens (tertiary/aromatic N) is 2. The van der Waals surface area contributed by atoms with Gasteiger partial charge in [-0.15, -0.1) is 0 Å². The van der Waals surface area contributed by atoms with Gasteiger partial charge in [0.2, 0.25) is 5.91 Å². The molecule has 0 saturated heterocycles. The minimum absolute atomic E-state index is 0.0648. The third kappa shape index (κ3) is 4.47. The van der Waals surface area contributed by atoms with Gasteiger partial charge in [-0.2, -0.15) is 5.10 Å². The van der Waals surface area contributed by atoms with Crippen molar-refractivity contribution in [3.8, 4) is 0 Å². The van der Waals surface area contributed by atoms with Crippen molar-refractivity contribution < 1.29 is 9.90 Å². The summed E-state index contributed by atoms with van der Waals surface area (Å²) in [5.41, 5.74) is 1.42. The molecule has 0 aliphatic carbocycles. The number of nitrogens with one attached hydrogen (secondary N) is 1. The first-order valence-corrected chi connectivity index (χ1v) is 7.59. The summed E-state index contributed by atoms with van der Waals surface area (Å²) in [7, 11) is 1.83. The number of halogens is 2. The lowest BCUT2D eigenvalue weighted by molar-refractivity contribution is -0.121. The summed E-state index contributed by atoms with van der Waals surface area (Å²) in [6.07, 6.45) is 3.58. The molecule has 0 aliphatic heterocycles. The van der Waals surface area contributed by atoms with E-state index in [1.807, 2.05) is 13.2 Å². The van der Waals surface area contributed by atoms with Gasteiger partial charge < -0.3 is 10.4 Å². The van der Waals surface area contributed by atoms with Gasteiger partial charge in [-0.1, -0.05) is 29.3 Å². The van der Waals surface area contributed by atoms with Crippen molar-refractivity contribution in [1.29, 1.82) is 0 Å². The van der Waals surface area contributed by atoms with Gasteiger partial charge in [-0.05, 0) is 24.1 Å². The quantitative estimate of drug-likeness (QED) is 0.848. The van der Waals surface area contributed by atoms with Crippen molar-refractivity contribution in [3.63, 3.8) is 0 Å². The van der Waals surface area contributed by atoms with Gasteiger partial charge in [0.1, 0.15) is 0 Å². The molecule has 2 N–H and O–H groups in total. The number of hydrogen-bond donors (Lipinski definition) is 2. The maximum Gasteiger partial charge on any atom is 0.220 e. The van der Waals surface area contributed by atoms with Crippen LogP contribution in [0.25, 0.3) is 0 Å². The Morgan fingerprint density at radius 2 is 2.09 bits per heavy atom. The molecule has 1 aromatic carbocycles. The summed E-state index contributed by atoms with van der Waals surface area (Å²) < 4.78 is 1.69. The van der Waals surface area contributed by atoms with Gasteiger partial charge in [0.05, 0.1) is 12.3 Å². The normalized spacial score (nSPS) is 12.2. The van der Waals surface area contributed by atoms with Crippen LogP contribution in [-0.2, 0) is 18.3 Å². The third-order valence-electron chi connectivity index (χ3n) is 3.22. The summed E-state index contributed by atoms with van der Waals surface area (Å²) in [6.45, 7) is 0.0648. The molecule has 1 atom stereocenters. The fraction of sp³-hybridized carbons (Fsp3) is 0.333. The number of aliphatic hydroxyl groups excluding tert-OH is 1. The molecule has 0 fully saturated rings. The van der Waals surface area contributed by atoms with Crippen molar-refractivity contribution in [3.05, 3.63) is 51.8 Å². The summed E-state index contributed by atoms with van der Waals surface area (Å²) in [6, 6.07) is 5.00. The van der Waals surface area contributed by atoms with E-state index in [4.69, 9.17) is 23.2 Å². The molecule has 1 aromatic heterocycles. The number of hydrogen-bond acceptors (Lipinski definition) is 3. The number of amides is 1. The van der Waals surface area contributed by atoms with Gasteiger partial charge in [0.15, 0.2) is 0 Å². The second kappa shape index (κ2) is 7.63. The van der Waals surface area contributed by atoms with E-state index >= 15 is 0 Å². The van der Waals surface area contributed by atoms with Crippen LogP contribution < -0.4 is 5.32 Å². The smallest absolute Gasteiger partial charge is 0.220 e. The first kappa shape index (κ1) is 16.8. The molecule has 22 heavy (non-hydrogen) atoms. The van der Waals surface area contributed by atoms with E-state index in [0.717, 1.165) is 5.56 Å². The lowest BCUT2D eigenvalue weighted by Gasteiger charge is -2.15. The maximum absolute atomic E-state index is 11.8. The van der Waals surface area contributed by atoms with E-state index < -0.39 is 6.10 Å². The Morgan fingerprint density at radius 1 is 1.41 bits per heavy atom. The van der Waals surface area contributed by atoms with E-state index in [2.05, 4.69) is 10.4 Å². The number of carbonyl (C=O) groups is 1. The molecule has 1 heterocycles. The Kier molecular flexibility index (Phi) is 5.83. The fourth-order valence-corrected chi connectivity index (χ4v) is 2.74. The van der Waals surface area contributed by atoms with Crippen LogP contribution in [0.1, 0.15) is 23.7 Å². The lowest BCUT2D eigenvalue weighted by atomic mass is 10.1. The van der Waals surface area contributed by atoms with Gasteiger partial charge in [-0.25, -0.2) is 0 Å². The van der Waals surface area contributed by atoms with Gasteiger partial charge >= 0.3 is 0 Å². The molecule has 118 valence electrons. The van der Waals surface area contributed by atoms with Crippen molar-refractivity contribution in [2.75, 3.05) is 6.54 Å². The average Bonchev–Trinajstić information content (AvgIpc) is 2.88. The lowest BCUT2D eigenvalue weighted by Crippen LogP contribution is -2.28. The Hall–Kier alpha value is -1.56. The highest BCUT2D eigenvalue weighted by atomic mass is 35.5. The van der Waals surface area contributed by atoms with Crippen LogP contribution in [0.15, 0.2) is 30.6 Å². The standard InChI is InChI=1S/C15H17Cl2N3O2/c1-20-9-10(7-19-20)5-6-14(22)18-8-13(21)15-11(16)3-2-4-12(15)17/h2-4,7,9,13,21H,5-6,8H2,1H3,(H,18,22)/t13-/m0/s1. The Balaban J connectivity index is 1.83. The molecule has 0 spiro atoms. The van der Waals surface area contributed by atoms with Crippen LogP contribution in [0.5, 0.6) is 0 Å². The number of aliphatic hydroxyl groups is 1. The Labute approximate surface area is 138 Å². The van der Waals surface area contributed by atoms with E-state index in [-0.39, 0.29) is 12.5 Å². The van der Waals surface area contributed by atoms with E-state index in [1.165, 1.54) is 0 Å². The third-order valence-corrected chi connectivity index (χ3v) is 3.88. The molecule has 0 bridgehead atoms. The molecule has 0 unspecified atom stereocenters. The zero-order valence-electron chi connectivity index (χ0n) is 12.1. The second-order valence-corrected chi connectivity index (χ2v) is 5.79. The minimum Gasteiger partial charge on any atom is -0.386 e. The van der Waals surface area contributed by atoms with Crippen LogP contribution in [0.4, 0.5) is 0 Å². The van der Waals surface area contributed by atoms with Crippen LogP contribution in [0.2, 0.25) is 10.0 Å². The maximum atomic E-state index is 11.8. The van der Waals surface area contributed by atoms with Crippen molar-refractivity contribution in [1.82, 2.24) is 15.1 Å². The number of aryl methyl sites for hydroxylation is 2. The van der Waals surface area contributed by atoms with Gasteiger partial charge in [-0.3, -0.25) is 9.48 Å². The molecule has 0 radical (unpaired) electrons. The predicted octanol–water partition coefficient (Wildman–Crippen LogP) is 2.51. The number of carbonyl (C=O) groups excluding carboxylic acids is 1. The van der Waals surface area contributed by atoms with Crippen LogP contribution in [0.3, 0.4) is 0 Å². The zero-order valence-corrected chi connectivity index (χ0v) is 13.6. The van der Waals surface area contributed by atoms with Crippen molar-refractivity contribution >= 4 is 29.1 Å². The average molecular weight is 342 g/mol. The number of aromatic nitrogens is 2. The Bertz CT molecular complexity index is 638. The second-order valence-electron chi connectivity index (χ2n) is 4.98. The fourth-order valence-electron chi connectivity index (χ4n) is 2.09. The first-order valence-electron chi connectivity index (χ1n) is 6.83. The van der Waals surface area contributed by atoms with Gasteiger partial charge in [0.25, 0.3) is 0 Å². The zero-order chi connectivity index (χ0) is 16.1. The molecule has 7 heteroatoms. The Morgan fingerprint density at radius 3 is 2.68 bits per heavy atom. The predicted molar refractivity (Wildman–Crippen MR) is 86.0 cm³/mol. The van der Waals surface area contributed by atoms with E-state index in [1.54, 1.807) is 29.1 Å². The molecule has 5 nitrogen and oxygen atoms in total. The minimum atomic E-state index is -0.941. The molecule has 1 amide bonds. The molecule has 0 aliphatic rings. The largest absolute Gasteiger partial charge is 0.386 e. The highest BCUT2D eigenvalue weighted by Crippen LogP contribution is 2.29. The van der Waals surface area contributed by atoms with Crippen molar-refractivity contribution in [2.24, 2.45) is 7.05 Å². The summed E-state index contributed by atoms with van der Waals surface area (Å²) >= 11 is 12.0. The van der Waals surface area contributed by atoms with Gasteiger partial charge in [0, 0.05) is 41.8 Å². The monoisotopic (exact) mass is 341 g/mol. The van der Waals surface area contributed by atoms with Crippen LogP contribution >= 0.6 is 23.2 Å². The van der Waals surface area contributed by atoms with Crippen LogP contribution in [0, 0.1) is 0 Å².